The van der Waals surface area contributed by atoms with Crippen molar-refractivity contribution in [3.8, 4) is 0 Å². The average molecular weight is 204 g/mol. The molecule has 0 N–H and O–H groups in total. The van der Waals surface area contributed by atoms with Crippen LogP contribution in [0.3, 0.4) is 0 Å². The lowest BCUT2D eigenvalue weighted by atomic mass is 10.1. The molecule has 3 heteroatoms. The Morgan fingerprint density at radius 3 is 1.80 bits per heavy atom. The van der Waals surface area contributed by atoms with Gasteiger partial charge in [0.2, 0.25) is 0 Å². The van der Waals surface area contributed by atoms with Crippen LogP contribution < -0.4 is 0 Å². The Bertz CT molecular complexity index is 362. The lowest BCUT2D eigenvalue weighted by Gasteiger charge is -2.09. The molecule has 1 aliphatic rings. The number of ether oxygens (including phenoxy) is 1. The zero-order chi connectivity index (χ0) is 10.1. The lowest BCUT2D eigenvalue weighted by molar-refractivity contribution is 0.0205. The maximum atomic E-state index is 5.86. The van der Waals surface area contributed by atoms with Crippen LogP contribution in [0.25, 0.3) is 0 Å². The molecule has 3 nitrogen and oxygen atoms in total. The fourth-order valence-electron chi connectivity index (χ4n) is 2.00. The second-order valence-corrected chi connectivity index (χ2v) is 3.72. The van der Waals surface area contributed by atoms with E-state index in [-0.39, 0.29) is 12.2 Å². The van der Waals surface area contributed by atoms with Crippen LogP contribution in [0, 0.1) is 0 Å². The molecule has 3 heterocycles. The number of hydrogen-bond donors (Lipinski definition) is 0. The summed E-state index contributed by atoms with van der Waals surface area (Å²) in [6, 6.07) is 7.68. The Hall–Kier alpha value is -1.48. The van der Waals surface area contributed by atoms with Crippen molar-refractivity contribution in [3.63, 3.8) is 0 Å². The van der Waals surface area contributed by atoms with Crippen molar-refractivity contribution in [1.82, 2.24) is 0 Å². The molecule has 2 aromatic rings. The Kier molecular flexibility index (Phi) is 2.10. The van der Waals surface area contributed by atoms with E-state index in [1.54, 1.807) is 12.5 Å². The molecular weight excluding hydrogens is 192 g/mol. The Morgan fingerprint density at radius 2 is 1.40 bits per heavy atom. The normalized spacial score (nSPS) is 25.9. The van der Waals surface area contributed by atoms with E-state index in [1.165, 1.54) is 0 Å². The van der Waals surface area contributed by atoms with Crippen LogP contribution in [0.4, 0.5) is 0 Å². The van der Waals surface area contributed by atoms with Crippen molar-refractivity contribution in [2.75, 3.05) is 0 Å². The zero-order valence-corrected chi connectivity index (χ0v) is 8.26. The molecule has 1 fully saturated rings. The molecule has 2 aromatic heterocycles. The molecule has 15 heavy (non-hydrogen) atoms. The van der Waals surface area contributed by atoms with Crippen LogP contribution in [0.5, 0.6) is 0 Å². The molecule has 0 bridgehead atoms. The van der Waals surface area contributed by atoms with Crippen LogP contribution in [0.1, 0.15) is 36.6 Å². The second kappa shape index (κ2) is 3.59. The van der Waals surface area contributed by atoms with Crippen LogP contribution in [0.2, 0.25) is 0 Å². The summed E-state index contributed by atoms with van der Waals surface area (Å²) in [6.07, 6.45) is 5.49. The van der Waals surface area contributed by atoms with Gasteiger partial charge in [0.15, 0.2) is 0 Å². The minimum absolute atomic E-state index is 0.0788. The first-order chi connectivity index (χ1) is 7.43. The summed E-state index contributed by atoms with van der Waals surface area (Å²) in [7, 11) is 0. The van der Waals surface area contributed by atoms with E-state index in [4.69, 9.17) is 13.6 Å². The maximum Gasteiger partial charge on any atom is 0.132 e. The van der Waals surface area contributed by atoms with Gasteiger partial charge in [0, 0.05) is 0 Å². The molecule has 0 spiro atoms. The van der Waals surface area contributed by atoms with Crippen LogP contribution in [-0.4, -0.2) is 0 Å². The Balaban J connectivity index is 1.74. The van der Waals surface area contributed by atoms with Gasteiger partial charge in [0.1, 0.15) is 23.7 Å². The zero-order valence-electron chi connectivity index (χ0n) is 8.26. The van der Waals surface area contributed by atoms with E-state index >= 15 is 0 Å². The second-order valence-electron chi connectivity index (χ2n) is 3.72. The van der Waals surface area contributed by atoms with E-state index in [0.29, 0.717) is 0 Å². The summed E-state index contributed by atoms with van der Waals surface area (Å²) >= 11 is 0. The summed E-state index contributed by atoms with van der Waals surface area (Å²) in [6.45, 7) is 0. The quantitative estimate of drug-likeness (QED) is 0.751. The van der Waals surface area contributed by atoms with Crippen molar-refractivity contribution >= 4 is 0 Å². The van der Waals surface area contributed by atoms with Gasteiger partial charge in [-0.15, -0.1) is 0 Å². The molecule has 78 valence electrons. The first-order valence-corrected chi connectivity index (χ1v) is 5.16. The van der Waals surface area contributed by atoms with Crippen LogP contribution in [-0.2, 0) is 4.74 Å². The van der Waals surface area contributed by atoms with Crippen molar-refractivity contribution in [2.24, 2.45) is 0 Å². The van der Waals surface area contributed by atoms with Crippen LogP contribution >= 0.6 is 0 Å². The van der Waals surface area contributed by atoms with Crippen molar-refractivity contribution in [3.05, 3.63) is 48.3 Å². The number of furan rings is 2. The Morgan fingerprint density at radius 1 is 0.867 bits per heavy atom. The van der Waals surface area contributed by atoms with Gasteiger partial charge in [-0.2, -0.15) is 0 Å². The minimum Gasteiger partial charge on any atom is -0.467 e. The molecule has 0 amide bonds. The first-order valence-electron chi connectivity index (χ1n) is 5.16. The van der Waals surface area contributed by atoms with Gasteiger partial charge in [0.05, 0.1) is 12.5 Å². The van der Waals surface area contributed by atoms with Gasteiger partial charge in [-0.3, -0.25) is 0 Å². The molecule has 0 aromatic carbocycles. The highest BCUT2D eigenvalue weighted by Gasteiger charge is 2.30. The third-order valence-electron chi connectivity index (χ3n) is 2.74. The van der Waals surface area contributed by atoms with E-state index < -0.39 is 0 Å². The van der Waals surface area contributed by atoms with E-state index in [2.05, 4.69) is 0 Å². The summed E-state index contributed by atoms with van der Waals surface area (Å²) in [4.78, 5) is 0. The molecule has 1 saturated heterocycles. The predicted octanol–water partition coefficient (Wildman–Crippen LogP) is 3.47. The van der Waals surface area contributed by atoms with Gasteiger partial charge in [-0.1, -0.05) is 0 Å². The molecule has 2 unspecified atom stereocenters. The molecule has 2 atom stereocenters. The Labute approximate surface area is 87.6 Å². The molecule has 0 radical (unpaired) electrons. The average Bonchev–Trinajstić information content (AvgIpc) is 3.02. The molecule has 0 aliphatic carbocycles. The third kappa shape index (κ3) is 1.59. The van der Waals surface area contributed by atoms with Crippen molar-refractivity contribution in [1.29, 1.82) is 0 Å². The largest absolute Gasteiger partial charge is 0.467 e. The maximum absolute atomic E-state index is 5.86. The highest BCUT2D eigenvalue weighted by Crippen LogP contribution is 2.40. The molecular formula is C12H12O3. The van der Waals surface area contributed by atoms with Gasteiger partial charge in [0.25, 0.3) is 0 Å². The molecule has 3 rings (SSSR count). The smallest absolute Gasteiger partial charge is 0.132 e. The van der Waals surface area contributed by atoms with E-state index in [0.717, 1.165) is 24.4 Å². The monoisotopic (exact) mass is 204 g/mol. The van der Waals surface area contributed by atoms with E-state index in [1.807, 2.05) is 24.3 Å². The summed E-state index contributed by atoms with van der Waals surface area (Å²) in [5.41, 5.74) is 0. The SMILES string of the molecule is c1coc(C2CCC(c3ccco3)O2)c1. The van der Waals surface area contributed by atoms with Gasteiger partial charge in [-0.05, 0) is 37.1 Å². The summed E-state index contributed by atoms with van der Waals surface area (Å²) < 4.78 is 16.5. The molecule has 1 aliphatic heterocycles. The minimum atomic E-state index is 0.0788. The third-order valence-corrected chi connectivity index (χ3v) is 2.74. The van der Waals surface area contributed by atoms with Gasteiger partial charge in [-0.25, -0.2) is 0 Å². The first kappa shape index (κ1) is 8.80. The summed E-state index contributed by atoms with van der Waals surface area (Å²) in [5, 5.41) is 0. The van der Waals surface area contributed by atoms with Crippen molar-refractivity contribution < 1.29 is 13.6 Å². The standard InChI is InChI=1S/C12H12O3/c1-3-9(13-7-1)11-5-6-12(15-11)10-4-2-8-14-10/h1-4,7-8,11-12H,5-6H2. The van der Waals surface area contributed by atoms with E-state index in [9.17, 15) is 0 Å². The number of rotatable bonds is 2. The van der Waals surface area contributed by atoms with Gasteiger partial charge >= 0.3 is 0 Å². The predicted molar refractivity (Wildman–Crippen MR) is 53.2 cm³/mol. The van der Waals surface area contributed by atoms with Crippen molar-refractivity contribution in [2.45, 2.75) is 25.0 Å². The van der Waals surface area contributed by atoms with Crippen LogP contribution in [0.15, 0.2) is 45.6 Å². The fraction of sp³-hybridized carbons (Fsp3) is 0.333. The summed E-state index contributed by atoms with van der Waals surface area (Å²) in [5.74, 6) is 1.81. The highest BCUT2D eigenvalue weighted by molar-refractivity contribution is 5.08. The topological polar surface area (TPSA) is 35.5 Å². The lowest BCUT2D eigenvalue weighted by Crippen LogP contribution is -1.97. The molecule has 0 saturated carbocycles. The highest BCUT2D eigenvalue weighted by atomic mass is 16.5. The van der Waals surface area contributed by atoms with Gasteiger partial charge < -0.3 is 13.6 Å². The fourth-order valence-corrected chi connectivity index (χ4v) is 2.00. The number of hydrogen-bond acceptors (Lipinski definition) is 3.